The number of anilines is 1. The smallest absolute Gasteiger partial charge is 0.293 e. The summed E-state index contributed by atoms with van der Waals surface area (Å²) in [7, 11) is 0. The monoisotopic (exact) mass is 199 g/mol. The summed E-state index contributed by atoms with van der Waals surface area (Å²) in [5.41, 5.74) is 7.81. The lowest BCUT2D eigenvalue weighted by Crippen LogP contribution is -1.99. The number of nitrogen functional groups attached to an aromatic ring is 1. The van der Waals surface area contributed by atoms with Gasteiger partial charge in [-0.3, -0.25) is 4.79 Å². The molecule has 1 aromatic heterocycles. The van der Waals surface area contributed by atoms with Gasteiger partial charge in [0.05, 0.1) is 6.61 Å². The molecule has 0 atom stereocenters. The molecular formula is C9H13NO2S. The quantitative estimate of drug-likeness (QED) is 0.579. The van der Waals surface area contributed by atoms with Crippen LogP contribution in [0.25, 0.3) is 0 Å². The van der Waals surface area contributed by atoms with Crippen LogP contribution in [0.3, 0.4) is 0 Å². The number of aryl methyl sites for hydroxylation is 1. The maximum atomic E-state index is 9.89. The third kappa shape index (κ3) is 2.45. The predicted molar refractivity (Wildman–Crippen MR) is 53.8 cm³/mol. The number of carbonyl (C=O) groups is 1. The van der Waals surface area contributed by atoms with Gasteiger partial charge in [0.25, 0.3) is 6.47 Å². The van der Waals surface area contributed by atoms with Crippen molar-refractivity contribution in [3.8, 4) is 0 Å². The van der Waals surface area contributed by atoms with E-state index in [-0.39, 0.29) is 0 Å². The molecule has 0 aliphatic heterocycles. The van der Waals surface area contributed by atoms with E-state index < -0.39 is 0 Å². The predicted octanol–water partition coefficient (Wildman–Crippen LogP) is 1.61. The first kappa shape index (κ1) is 10.1. The van der Waals surface area contributed by atoms with E-state index in [0.717, 1.165) is 17.7 Å². The van der Waals surface area contributed by atoms with Crippen LogP contribution in [-0.4, -0.2) is 13.1 Å². The molecule has 0 spiro atoms. The number of ether oxygens (including phenoxy) is 1. The maximum Gasteiger partial charge on any atom is 0.293 e. The molecule has 4 heteroatoms. The molecule has 0 bridgehead atoms. The van der Waals surface area contributed by atoms with Crippen LogP contribution >= 0.6 is 11.3 Å². The zero-order chi connectivity index (χ0) is 9.68. The van der Waals surface area contributed by atoms with Gasteiger partial charge in [-0.2, -0.15) is 0 Å². The number of hydrogen-bond acceptors (Lipinski definition) is 4. The molecule has 13 heavy (non-hydrogen) atoms. The number of rotatable bonds is 5. The molecule has 0 amide bonds. The van der Waals surface area contributed by atoms with Crippen molar-refractivity contribution in [1.82, 2.24) is 0 Å². The average Bonchev–Trinajstić information content (AvgIpc) is 2.48. The second-order valence-electron chi connectivity index (χ2n) is 2.67. The van der Waals surface area contributed by atoms with Crippen molar-refractivity contribution in [2.75, 3.05) is 12.3 Å². The van der Waals surface area contributed by atoms with Crippen molar-refractivity contribution in [2.24, 2.45) is 0 Å². The van der Waals surface area contributed by atoms with Gasteiger partial charge in [0, 0.05) is 17.0 Å². The summed E-state index contributed by atoms with van der Waals surface area (Å²) in [6.45, 7) is 2.95. The third-order valence-electron chi connectivity index (χ3n) is 1.87. The van der Waals surface area contributed by atoms with Gasteiger partial charge in [0.15, 0.2) is 0 Å². The SMILES string of the molecule is CCc1scc(CCOC=O)c1N. The van der Waals surface area contributed by atoms with Crippen molar-refractivity contribution < 1.29 is 9.53 Å². The zero-order valence-electron chi connectivity index (χ0n) is 7.58. The minimum absolute atomic E-state index is 0.410. The highest BCUT2D eigenvalue weighted by Gasteiger charge is 2.06. The number of nitrogens with two attached hydrogens (primary N) is 1. The van der Waals surface area contributed by atoms with E-state index in [0.29, 0.717) is 19.5 Å². The molecule has 1 heterocycles. The molecule has 1 aromatic rings. The Morgan fingerprint density at radius 2 is 2.46 bits per heavy atom. The van der Waals surface area contributed by atoms with Crippen molar-refractivity contribution in [1.29, 1.82) is 0 Å². The average molecular weight is 199 g/mol. The molecule has 0 saturated carbocycles. The Labute approximate surface area is 81.5 Å². The number of carbonyl (C=O) groups excluding carboxylic acids is 1. The van der Waals surface area contributed by atoms with Crippen LogP contribution < -0.4 is 5.73 Å². The first-order chi connectivity index (χ1) is 6.29. The fourth-order valence-electron chi connectivity index (χ4n) is 1.13. The third-order valence-corrected chi connectivity index (χ3v) is 3.06. The highest BCUT2D eigenvalue weighted by Crippen LogP contribution is 2.25. The standard InChI is InChI=1S/C9H13NO2S/c1-2-8-9(10)7(5-13-8)3-4-12-6-11/h5-6H,2-4,10H2,1H3. The van der Waals surface area contributed by atoms with Crippen LogP contribution in [0, 0.1) is 0 Å². The topological polar surface area (TPSA) is 52.3 Å². The minimum Gasteiger partial charge on any atom is -0.468 e. The van der Waals surface area contributed by atoms with Gasteiger partial charge >= 0.3 is 0 Å². The largest absolute Gasteiger partial charge is 0.468 e. The lowest BCUT2D eigenvalue weighted by Gasteiger charge is -1.99. The summed E-state index contributed by atoms with van der Waals surface area (Å²) < 4.78 is 4.60. The van der Waals surface area contributed by atoms with Gasteiger partial charge in [-0.25, -0.2) is 0 Å². The Kier molecular flexibility index (Phi) is 3.76. The van der Waals surface area contributed by atoms with Gasteiger partial charge < -0.3 is 10.5 Å². The molecule has 0 aliphatic carbocycles. The van der Waals surface area contributed by atoms with E-state index in [1.54, 1.807) is 11.3 Å². The summed E-state index contributed by atoms with van der Waals surface area (Å²) in [6, 6.07) is 0. The van der Waals surface area contributed by atoms with Crippen LogP contribution in [0.15, 0.2) is 5.38 Å². The number of thiophene rings is 1. The van der Waals surface area contributed by atoms with Crippen LogP contribution in [0.4, 0.5) is 5.69 Å². The lowest BCUT2D eigenvalue weighted by atomic mass is 10.2. The van der Waals surface area contributed by atoms with E-state index in [4.69, 9.17) is 5.73 Å². The molecule has 2 N–H and O–H groups in total. The van der Waals surface area contributed by atoms with E-state index >= 15 is 0 Å². The Hall–Kier alpha value is -1.03. The van der Waals surface area contributed by atoms with E-state index in [1.165, 1.54) is 4.88 Å². The molecule has 0 unspecified atom stereocenters. The summed E-state index contributed by atoms with van der Waals surface area (Å²) in [4.78, 5) is 11.1. The fraction of sp³-hybridized carbons (Fsp3) is 0.444. The van der Waals surface area contributed by atoms with E-state index in [2.05, 4.69) is 11.7 Å². The fourth-order valence-corrected chi connectivity index (χ4v) is 2.09. The molecule has 0 fully saturated rings. The highest BCUT2D eigenvalue weighted by molar-refractivity contribution is 7.10. The normalized spacial score (nSPS) is 9.92. The minimum atomic E-state index is 0.410. The van der Waals surface area contributed by atoms with Crippen LogP contribution in [-0.2, 0) is 22.4 Å². The first-order valence-electron chi connectivity index (χ1n) is 4.19. The Bertz CT molecular complexity index is 283. The van der Waals surface area contributed by atoms with Crippen LogP contribution in [0.2, 0.25) is 0 Å². The number of hydrogen-bond donors (Lipinski definition) is 1. The van der Waals surface area contributed by atoms with Crippen LogP contribution in [0.5, 0.6) is 0 Å². The van der Waals surface area contributed by atoms with Gasteiger partial charge in [0.2, 0.25) is 0 Å². The second-order valence-corrected chi connectivity index (χ2v) is 3.63. The van der Waals surface area contributed by atoms with E-state index in [1.807, 2.05) is 5.38 Å². The molecule has 1 rings (SSSR count). The van der Waals surface area contributed by atoms with Crippen molar-refractivity contribution in [3.63, 3.8) is 0 Å². The Balaban J connectivity index is 2.56. The first-order valence-corrected chi connectivity index (χ1v) is 5.07. The van der Waals surface area contributed by atoms with Gasteiger partial charge in [-0.05, 0) is 17.4 Å². The molecule has 72 valence electrons. The molecular weight excluding hydrogens is 186 g/mol. The lowest BCUT2D eigenvalue weighted by molar-refractivity contribution is -0.128. The van der Waals surface area contributed by atoms with Crippen molar-refractivity contribution in [2.45, 2.75) is 19.8 Å². The van der Waals surface area contributed by atoms with Gasteiger partial charge in [-0.15, -0.1) is 11.3 Å². The molecule has 0 aliphatic rings. The Morgan fingerprint density at radius 3 is 3.00 bits per heavy atom. The summed E-state index contributed by atoms with van der Waals surface area (Å²) in [5.74, 6) is 0. The van der Waals surface area contributed by atoms with Crippen LogP contribution in [0.1, 0.15) is 17.4 Å². The molecule has 0 radical (unpaired) electrons. The maximum absolute atomic E-state index is 9.89. The molecule has 3 nitrogen and oxygen atoms in total. The Morgan fingerprint density at radius 1 is 1.69 bits per heavy atom. The van der Waals surface area contributed by atoms with Crippen molar-refractivity contribution >= 4 is 23.5 Å². The van der Waals surface area contributed by atoms with Gasteiger partial charge in [-0.1, -0.05) is 6.92 Å². The summed E-state index contributed by atoms with van der Waals surface area (Å²) in [6.07, 6.45) is 1.67. The highest BCUT2D eigenvalue weighted by atomic mass is 32.1. The summed E-state index contributed by atoms with van der Waals surface area (Å²) in [5, 5.41) is 2.03. The molecule has 0 saturated heterocycles. The molecule has 0 aromatic carbocycles. The van der Waals surface area contributed by atoms with E-state index in [9.17, 15) is 4.79 Å². The van der Waals surface area contributed by atoms with Crippen molar-refractivity contribution in [3.05, 3.63) is 15.8 Å². The van der Waals surface area contributed by atoms with Gasteiger partial charge in [0.1, 0.15) is 0 Å². The summed E-state index contributed by atoms with van der Waals surface area (Å²) >= 11 is 1.67. The zero-order valence-corrected chi connectivity index (χ0v) is 8.39. The second kappa shape index (κ2) is 4.87.